The van der Waals surface area contributed by atoms with Gasteiger partial charge in [0.05, 0.1) is 0 Å². The first kappa shape index (κ1) is 8.81. The lowest BCUT2D eigenvalue weighted by molar-refractivity contribution is 0.111. The summed E-state index contributed by atoms with van der Waals surface area (Å²) in [6, 6.07) is 7.09. The predicted octanol–water partition coefficient (Wildman–Crippen LogP) is 1.66. The molecule has 0 amide bonds. The van der Waals surface area contributed by atoms with E-state index in [4.69, 9.17) is 5.73 Å². The fourth-order valence-electron chi connectivity index (χ4n) is 0.938. The van der Waals surface area contributed by atoms with Crippen LogP contribution in [0.1, 0.15) is 12.5 Å². The van der Waals surface area contributed by atoms with Crippen LogP contribution in [0.5, 0.6) is 0 Å². The number of hydrogen-bond acceptors (Lipinski definition) is 2. The van der Waals surface area contributed by atoms with Crippen molar-refractivity contribution in [3.05, 3.63) is 42.5 Å². The molecule has 1 aromatic rings. The average Bonchev–Trinajstić information content (AvgIpc) is 2.05. The largest absolute Gasteiger partial charge is 0.399 e. The van der Waals surface area contributed by atoms with Gasteiger partial charge in [0.1, 0.15) is 5.60 Å². The molecule has 0 aromatic heterocycles. The molecule has 0 saturated heterocycles. The zero-order valence-corrected chi connectivity index (χ0v) is 7.12. The van der Waals surface area contributed by atoms with Gasteiger partial charge in [0.2, 0.25) is 0 Å². The highest BCUT2D eigenvalue weighted by molar-refractivity contribution is 5.41. The van der Waals surface area contributed by atoms with Crippen molar-refractivity contribution in [1.82, 2.24) is 0 Å². The Labute approximate surface area is 72.3 Å². The van der Waals surface area contributed by atoms with Crippen molar-refractivity contribution in [2.45, 2.75) is 12.5 Å². The van der Waals surface area contributed by atoms with Gasteiger partial charge in [-0.15, -0.1) is 0 Å². The van der Waals surface area contributed by atoms with Gasteiger partial charge in [-0.2, -0.15) is 0 Å². The van der Waals surface area contributed by atoms with E-state index in [1.165, 1.54) is 6.08 Å². The van der Waals surface area contributed by atoms with E-state index in [2.05, 4.69) is 6.58 Å². The van der Waals surface area contributed by atoms with Gasteiger partial charge in [0, 0.05) is 5.69 Å². The van der Waals surface area contributed by atoms with Crippen molar-refractivity contribution < 1.29 is 5.11 Å². The fourth-order valence-corrected chi connectivity index (χ4v) is 0.938. The molecule has 0 fully saturated rings. The van der Waals surface area contributed by atoms with Gasteiger partial charge >= 0.3 is 0 Å². The van der Waals surface area contributed by atoms with E-state index in [0.717, 1.165) is 5.56 Å². The number of aliphatic hydroxyl groups is 1. The molecule has 0 bridgehead atoms. The van der Waals surface area contributed by atoms with Gasteiger partial charge in [0.25, 0.3) is 0 Å². The second-order valence-electron chi connectivity index (χ2n) is 2.97. The van der Waals surface area contributed by atoms with E-state index < -0.39 is 5.60 Å². The van der Waals surface area contributed by atoms with Crippen molar-refractivity contribution in [1.29, 1.82) is 0 Å². The van der Waals surface area contributed by atoms with Crippen molar-refractivity contribution >= 4 is 5.69 Å². The van der Waals surface area contributed by atoms with Crippen LogP contribution in [-0.4, -0.2) is 5.11 Å². The van der Waals surface area contributed by atoms with Crippen molar-refractivity contribution in [3.63, 3.8) is 0 Å². The third-order valence-corrected chi connectivity index (χ3v) is 1.89. The lowest BCUT2D eigenvalue weighted by atomic mass is 9.96. The molecule has 3 N–H and O–H groups in total. The second kappa shape index (κ2) is 2.99. The van der Waals surface area contributed by atoms with Crippen molar-refractivity contribution in [3.8, 4) is 0 Å². The third kappa shape index (κ3) is 1.66. The van der Waals surface area contributed by atoms with Gasteiger partial charge in [-0.25, -0.2) is 0 Å². The normalized spacial score (nSPS) is 15.2. The summed E-state index contributed by atoms with van der Waals surface area (Å²) in [6.45, 7) is 5.24. The summed E-state index contributed by atoms with van der Waals surface area (Å²) in [6.07, 6.45) is 1.50. The molecule has 1 aromatic carbocycles. The highest BCUT2D eigenvalue weighted by Gasteiger charge is 2.17. The Morgan fingerprint density at radius 3 is 2.33 bits per heavy atom. The number of nitrogen functional groups attached to an aromatic ring is 1. The molecule has 2 heteroatoms. The molecule has 2 nitrogen and oxygen atoms in total. The summed E-state index contributed by atoms with van der Waals surface area (Å²) in [5, 5.41) is 9.73. The molecule has 0 aliphatic rings. The van der Waals surface area contributed by atoms with Crippen LogP contribution >= 0.6 is 0 Å². The molecule has 0 saturated carbocycles. The minimum Gasteiger partial charge on any atom is -0.399 e. The summed E-state index contributed by atoms with van der Waals surface area (Å²) in [4.78, 5) is 0. The number of rotatable bonds is 2. The maximum atomic E-state index is 9.73. The summed E-state index contributed by atoms with van der Waals surface area (Å²) in [7, 11) is 0. The van der Waals surface area contributed by atoms with Crippen LogP contribution in [0.25, 0.3) is 0 Å². The second-order valence-corrected chi connectivity index (χ2v) is 2.97. The molecule has 0 spiro atoms. The first-order valence-corrected chi connectivity index (χ1v) is 3.78. The standard InChI is InChI=1S/C10H13NO/c1-3-10(2,12)8-4-6-9(11)7-5-8/h3-7,12H,1,11H2,2H3. The summed E-state index contributed by atoms with van der Waals surface area (Å²) < 4.78 is 0. The van der Waals surface area contributed by atoms with Gasteiger partial charge < -0.3 is 10.8 Å². The van der Waals surface area contributed by atoms with Crippen LogP contribution < -0.4 is 5.73 Å². The Morgan fingerprint density at radius 2 is 1.92 bits per heavy atom. The fraction of sp³-hybridized carbons (Fsp3) is 0.200. The van der Waals surface area contributed by atoms with Crippen LogP contribution in [0.2, 0.25) is 0 Å². The average molecular weight is 163 g/mol. The summed E-state index contributed by atoms with van der Waals surface area (Å²) in [5.74, 6) is 0. The lowest BCUT2D eigenvalue weighted by Gasteiger charge is -2.18. The summed E-state index contributed by atoms with van der Waals surface area (Å²) in [5.41, 5.74) is 6.03. The van der Waals surface area contributed by atoms with E-state index in [1.54, 1.807) is 31.2 Å². The highest BCUT2D eigenvalue weighted by Crippen LogP contribution is 2.21. The molecule has 1 unspecified atom stereocenters. The van der Waals surface area contributed by atoms with Crippen LogP contribution in [0.15, 0.2) is 36.9 Å². The maximum Gasteiger partial charge on any atom is 0.105 e. The first-order valence-electron chi connectivity index (χ1n) is 3.78. The van der Waals surface area contributed by atoms with Crippen LogP contribution in [-0.2, 0) is 5.60 Å². The van der Waals surface area contributed by atoms with Crippen LogP contribution in [0.3, 0.4) is 0 Å². The highest BCUT2D eigenvalue weighted by atomic mass is 16.3. The Hall–Kier alpha value is -1.28. The zero-order chi connectivity index (χ0) is 9.19. The Balaban J connectivity index is 3.04. The molecule has 0 aliphatic heterocycles. The molecule has 1 rings (SSSR count). The first-order chi connectivity index (χ1) is 5.56. The van der Waals surface area contributed by atoms with E-state index >= 15 is 0 Å². The van der Waals surface area contributed by atoms with Crippen molar-refractivity contribution in [2.24, 2.45) is 0 Å². The third-order valence-electron chi connectivity index (χ3n) is 1.89. The Bertz CT molecular complexity index is 274. The van der Waals surface area contributed by atoms with E-state index in [0.29, 0.717) is 5.69 Å². The van der Waals surface area contributed by atoms with Crippen LogP contribution in [0, 0.1) is 0 Å². The van der Waals surface area contributed by atoms with Gasteiger partial charge in [-0.1, -0.05) is 24.8 Å². The van der Waals surface area contributed by atoms with Gasteiger partial charge in [0.15, 0.2) is 0 Å². The van der Waals surface area contributed by atoms with E-state index in [1.807, 2.05) is 0 Å². The zero-order valence-electron chi connectivity index (χ0n) is 7.12. The van der Waals surface area contributed by atoms with Crippen molar-refractivity contribution in [2.75, 3.05) is 5.73 Å². The Morgan fingerprint density at radius 1 is 1.42 bits per heavy atom. The minimum atomic E-state index is -0.965. The lowest BCUT2D eigenvalue weighted by Crippen LogP contribution is -2.16. The molecular weight excluding hydrogens is 150 g/mol. The van der Waals surface area contributed by atoms with Crippen LogP contribution in [0.4, 0.5) is 5.69 Å². The smallest absolute Gasteiger partial charge is 0.105 e. The van der Waals surface area contributed by atoms with Gasteiger partial charge in [-0.3, -0.25) is 0 Å². The monoisotopic (exact) mass is 163 g/mol. The predicted molar refractivity (Wildman–Crippen MR) is 50.6 cm³/mol. The van der Waals surface area contributed by atoms with E-state index in [-0.39, 0.29) is 0 Å². The molecular formula is C10H13NO. The topological polar surface area (TPSA) is 46.2 Å². The SMILES string of the molecule is C=CC(C)(O)c1ccc(N)cc1. The number of benzene rings is 1. The number of nitrogens with two attached hydrogens (primary N) is 1. The molecule has 64 valence electrons. The minimum absolute atomic E-state index is 0.693. The van der Waals surface area contributed by atoms with E-state index in [9.17, 15) is 5.11 Å². The van der Waals surface area contributed by atoms with Gasteiger partial charge in [-0.05, 0) is 24.6 Å². The molecule has 0 radical (unpaired) electrons. The summed E-state index contributed by atoms with van der Waals surface area (Å²) >= 11 is 0. The Kier molecular flexibility index (Phi) is 2.20. The molecule has 12 heavy (non-hydrogen) atoms. The maximum absolute atomic E-state index is 9.73. The quantitative estimate of drug-likeness (QED) is 0.514. The number of anilines is 1. The molecule has 0 aliphatic carbocycles. The molecule has 1 atom stereocenters. The number of hydrogen-bond donors (Lipinski definition) is 2. The molecule has 0 heterocycles.